The molecular weight excluding hydrogens is 397 g/mol. The third-order valence-electron chi connectivity index (χ3n) is 5.06. The molecule has 2 heterocycles. The van der Waals surface area contributed by atoms with Crippen LogP contribution in [0.3, 0.4) is 0 Å². The van der Waals surface area contributed by atoms with Crippen molar-refractivity contribution >= 4 is 28.5 Å². The minimum Gasteiger partial charge on any atom is -0.488 e. The molecule has 3 aromatic rings. The van der Waals surface area contributed by atoms with E-state index in [0.717, 1.165) is 19.4 Å². The Labute approximate surface area is 171 Å². The fourth-order valence-electron chi connectivity index (χ4n) is 3.66. The first kappa shape index (κ1) is 19.5. The van der Waals surface area contributed by atoms with Gasteiger partial charge in [-0.05, 0) is 43.2 Å². The minimum absolute atomic E-state index is 0.0311. The van der Waals surface area contributed by atoms with Crippen LogP contribution in [-0.2, 0) is 4.79 Å². The van der Waals surface area contributed by atoms with E-state index in [1.807, 2.05) is 0 Å². The van der Waals surface area contributed by atoms with Gasteiger partial charge in [0.15, 0.2) is 0 Å². The van der Waals surface area contributed by atoms with E-state index < -0.39 is 11.4 Å². The lowest BCUT2D eigenvalue weighted by Gasteiger charge is -2.32. The van der Waals surface area contributed by atoms with Gasteiger partial charge in [-0.15, -0.1) is 0 Å². The zero-order valence-corrected chi connectivity index (χ0v) is 16.5. The molecule has 1 aliphatic rings. The number of piperidine rings is 1. The quantitative estimate of drug-likeness (QED) is 0.584. The van der Waals surface area contributed by atoms with Gasteiger partial charge in [0.25, 0.3) is 0 Å². The van der Waals surface area contributed by atoms with E-state index in [1.165, 1.54) is 24.3 Å². The maximum absolute atomic E-state index is 13.4. The van der Waals surface area contributed by atoms with Gasteiger partial charge in [0.05, 0.1) is 11.6 Å². The van der Waals surface area contributed by atoms with E-state index in [-0.39, 0.29) is 17.0 Å². The van der Waals surface area contributed by atoms with E-state index in [1.54, 1.807) is 30.0 Å². The summed E-state index contributed by atoms with van der Waals surface area (Å²) in [5.41, 5.74) is 0.923. The van der Waals surface area contributed by atoms with Crippen molar-refractivity contribution < 1.29 is 18.3 Å². The second-order valence-corrected chi connectivity index (χ2v) is 7.52. The molecule has 1 saturated heterocycles. The molecule has 0 saturated carbocycles. The van der Waals surface area contributed by atoms with Crippen molar-refractivity contribution in [3.8, 4) is 16.9 Å². The number of hydrogen-bond acceptors (Lipinski definition) is 4. The van der Waals surface area contributed by atoms with E-state index in [0.29, 0.717) is 34.4 Å². The van der Waals surface area contributed by atoms with Crippen molar-refractivity contribution in [1.29, 1.82) is 0 Å². The minimum atomic E-state index is -0.537. The van der Waals surface area contributed by atoms with Gasteiger partial charge >= 0.3 is 5.63 Å². The Morgan fingerprint density at radius 1 is 1.21 bits per heavy atom. The summed E-state index contributed by atoms with van der Waals surface area (Å²) in [5.74, 6) is 0.135. The van der Waals surface area contributed by atoms with Crippen molar-refractivity contribution in [3.05, 3.63) is 63.7 Å². The number of benzene rings is 2. The van der Waals surface area contributed by atoms with Crippen LogP contribution in [0, 0.1) is 5.82 Å². The number of carbonyl (C=O) groups excluding carboxylic acids is 1. The molecule has 1 fully saturated rings. The van der Waals surface area contributed by atoms with Crippen LogP contribution in [0.15, 0.2) is 51.7 Å². The number of likely N-dealkylation sites (tertiary alicyclic amines) is 1. The highest BCUT2D eigenvalue weighted by atomic mass is 35.5. The molecule has 0 radical (unpaired) electrons. The van der Waals surface area contributed by atoms with Crippen LogP contribution in [0.1, 0.15) is 19.8 Å². The predicted octanol–water partition coefficient (Wildman–Crippen LogP) is 4.64. The molecule has 29 heavy (non-hydrogen) atoms. The molecule has 1 aromatic heterocycles. The Kier molecular flexibility index (Phi) is 5.28. The molecule has 0 N–H and O–H groups in total. The molecule has 1 amide bonds. The van der Waals surface area contributed by atoms with Gasteiger partial charge in [-0.1, -0.05) is 11.6 Å². The van der Waals surface area contributed by atoms with Crippen molar-refractivity contribution in [2.75, 3.05) is 13.1 Å². The monoisotopic (exact) mass is 415 g/mol. The molecule has 0 bridgehead atoms. The Morgan fingerprint density at radius 3 is 2.79 bits per heavy atom. The Bertz CT molecular complexity index is 1140. The first-order valence-electron chi connectivity index (χ1n) is 9.36. The molecule has 4 rings (SSSR count). The van der Waals surface area contributed by atoms with Crippen molar-refractivity contribution in [3.63, 3.8) is 0 Å². The highest BCUT2D eigenvalue weighted by molar-refractivity contribution is 6.33. The lowest BCUT2D eigenvalue weighted by atomic mass is 10.0. The van der Waals surface area contributed by atoms with Gasteiger partial charge in [0.1, 0.15) is 23.3 Å². The highest BCUT2D eigenvalue weighted by Crippen LogP contribution is 2.34. The fourth-order valence-corrected chi connectivity index (χ4v) is 3.93. The van der Waals surface area contributed by atoms with Crippen LogP contribution in [0.25, 0.3) is 22.1 Å². The van der Waals surface area contributed by atoms with Gasteiger partial charge in [-0.3, -0.25) is 4.79 Å². The first-order chi connectivity index (χ1) is 13.9. The second kappa shape index (κ2) is 7.87. The van der Waals surface area contributed by atoms with E-state index in [9.17, 15) is 14.0 Å². The Balaban J connectivity index is 1.68. The molecule has 1 atom stereocenters. The van der Waals surface area contributed by atoms with Crippen molar-refractivity contribution in [1.82, 2.24) is 4.90 Å². The number of hydrogen-bond donors (Lipinski definition) is 0. The number of amides is 1. The molecule has 150 valence electrons. The lowest BCUT2D eigenvalue weighted by molar-refractivity contribution is -0.131. The number of nitrogens with zero attached hydrogens (tertiary/aromatic N) is 1. The summed E-state index contributed by atoms with van der Waals surface area (Å²) in [6, 6.07) is 10.6. The van der Waals surface area contributed by atoms with Crippen LogP contribution >= 0.6 is 11.6 Å². The van der Waals surface area contributed by atoms with Gasteiger partial charge < -0.3 is 14.1 Å². The Hall–Kier alpha value is -2.86. The summed E-state index contributed by atoms with van der Waals surface area (Å²) >= 11 is 6.19. The number of ether oxygens (including phenoxy) is 1. The van der Waals surface area contributed by atoms with Gasteiger partial charge in [0, 0.05) is 42.1 Å². The third kappa shape index (κ3) is 4.12. The maximum atomic E-state index is 13.4. The van der Waals surface area contributed by atoms with Crippen LogP contribution in [0.5, 0.6) is 5.75 Å². The predicted molar refractivity (Wildman–Crippen MR) is 109 cm³/mol. The first-order valence-corrected chi connectivity index (χ1v) is 9.74. The van der Waals surface area contributed by atoms with Crippen LogP contribution in [0.2, 0.25) is 5.02 Å². The molecule has 0 spiro atoms. The molecule has 1 aliphatic heterocycles. The van der Waals surface area contributed by atoms with Gasteiger partial charge in [0.2, 0.25) is 5.91 Å². The fraction of sp³-hybridized carbons (Fsp3) is 0.273. The molecule has 0 aliphatic carbocycles. The van der Waals surface area contributed by atoms with Gasteiger partial charge in [-0.25, -0.2) is 9.18 Å². The van der Waals surface area contributed by atoms with Crippen LogP contribution in [0.4, 0.5) is 4.39 Å². The molecule has 1 unspecified atom stereocenters. The van der Waals surface area contributed by atoms with E-state index >= 15 is 0 Å². The van der Waals surface area contributed by atoms with E-state index in [2.05, 4.69) is 0 Å². The Morgan fingerprint density at radius 2 is 2.03 bits per heavy atom. The highest BCUT2D eigenvalue weighted by Gasteiger charge is 2.23. The topological polar surface area (TPSA) is 59.8 Å². The van der Waals surface area contributed by atoms with Crippen molar-refractivity contribution in [2.24, 2.45) is 0 Å². The smallest absolute Gasteiger partial charge is 0.336 e. The third-order valence-corrected chi connectivity index (χ3v) is 5.38. The zero-order chi connectivity index (χ0) is 20.5. The summed E-state index contributed by atoms with van der Waals surface area (Å²) < 4.78 is 24.8. The summed E-state index contributed by atoms with van der Waals surface area (Å²) in [4.78, 5) is 25.5. The maximum Gasteiger partial charge on any atom is 0.336 e. The number of fused-ring (bicyclic) bond motifs is 1. The zero-order valence-electron chi connectivity index (χ0n) is 15.8. The summed E-state index contributed by atoms with van der Waals surface area (Å²) in [6.07, 6.45) is 1.60. The standard InChI is InChI=1S/C22H19ClFNO4/c1-13(26)25-8-2-3-16(12-25)28-15-5-7-18-19(11-22(27)29-21(18)10-15)17-6-4-14(24)9-20(17)23/h4-7,9-11,16H,2-3,8,12H2,1H3. The molecule has 2 aromatic carbocycles. The molecule has 5 nitrogen and oxygen atoms in total. The van der Waals surface area contributed by atoms with E-state index in [4.69, 9.17) is 20.8 Å². The largest absolute Gasteiger partial charge is 0.488 e. The average Bonchev–Trinajstić information content (AvgIpc) is 2.67. The summed E-state index contributed by atoms with van der Waals surface area (Å²) in [5, 5.41) is 0.878. The average molecular weight is 416 g/mol. The second-order valence-electron chi connectivity index (χ2n) is 7.11. The number of carbonyl (C=O) groups is 1. The summed E-state index contributed by atoms with van der Waals surface area (Å²) in [7, 11) is 0. The number of halogens is 2. The number of rotatable bonds is 3. The normalized spacial score (nSPS) is 16.8. The molecule has 7 heteroatoms. The van der Waals surface area contributed by atoms with Crippen molar-refractivity contribution in [2.45, 2.75) is 25.9 Å². The lowest BCUT2D eigenvalue weighted by Crippen LogP contribution is -2.43. The van der Waals surface area contributed by atoms with Crippen LogP contribution < -0.4 is 10.4 Å². The molecular formula is C22H19ClFNO4. The summed E-state index contributed by atoms with van der Waals surface area (Å²) in [6.45, 7) is 2.82. The van der Waals surface area contributed by atoms with Gasteiger partial charge in [-0.2, -0.15) is 0 Å². The SMILES string of the molecule is CC(=O)N1CCCC(Oc2ccc3c(-c4ccc(F)cc4Cl)cc(=O)oc3c2)C1. The van der Waals surface area contributed by atoms with Crippen LogP contribution in [-0.4, -0.2) is 30.0 Å².